The number of hydrogen-bond acceptors (Lipinski definition) is 2. The second kappa shape index (κ2) is 4.45. The fraction of sp³-hybridized carbons (Fsp3) is 0.0769. The Morgan fingerprint density at radius 2 is 1.75 bits per heavy atom. The molecule has 0 saturated heterocycles. The van der Waals surface area contributed by atoms with Crippen LogP contribution in [0.3, 0.4) is 0 Å². The highest BCUT2D eigenvalue weighted by atomic mass is 35.5. The third-order valence-corrected chi connectivity index (χ3v) is 2.59. The Labute approximate surface area is 99.5 Å². The van der Waals surface area contributed by atoms with Gasteiger partial charge in [-0.2, -0.15) is 0 Å². The maximum Gasteiger partial charge on any atom is 0.115 e. The molecule has 16 heavy (non-hydrogen) atoms. The van der Waals surface area contributed by atoms with Gasteiger partial charge in [-0.1, -0.05) is 11.6 Å². The van der Waals surface area contributed by atoms with E-state index in [9.17, 15) is 5.11 Å². The first-order valence-corrected chi connectivity index (χ1v) is 5.35. The fourth-order valence-electron chi connectivity index (χ4n) is 1.48. The van der Waals surface area contributed by atoms with Crippen LogP contribution in [0, 0.1) is 6.92 Å². The molecule has 0 aromatic heterocycles. The summed E-state index contributed by atoms with van der Waals surface area (Å²) >= 11 is 5.81. The third kappa shape index (κ3) is 2.47. The number of halogens is 1. The Morgan fingerprint density at radius 1 is 1.06 bits per heavy atom. The number of phenols is 1. The molecule has 0 aliphatic carbocycles. The van der Waals surface area contributed by atoms with E-state index >= 15 is 0 Å². The molecule has 0 saturated carbocycles. The third-order valence-electron chi connectivity index (χ3n) is 2.33. The zero-order valence-electron chi connectivity index (χ0n) is 8.87. The quantitative estimate of drug-likeness (QED) is 0.766. The molecule has 82 valence electrons. The first-order valence-electron chi connectivity index (χ1n) is 4.97. The first kappa shape index (κ1) is 10.8. The summed E-state index contributed by atoms with van der Waals surface area (Å²) in [6.45, 7) is 1.94. The van der Waals surface area contributed by atoms with Gasteiger partial charge in [-0.05, 0) is 55.0 Å². The van der Waals surface area contributed by atoms with Gasteiger partial charge in [0, 0.05) is 16.4 Å². The monoisotopic (exact) mass is 233 g/mol. The summed E-state index contributed by atoms with van der Waals surface area (Å²) in [5.74, 6) is 0.277. The van der Waals surface area contributed by atoms with Crippen molar-refractivity contribution in [1.82, 2.24) is 0 Å². The second-order valence-corrected chi connectivity index (χ2v) is 4.07. The molecule has 2 aromatic rings. The average Bonchev–Trinajstić information content (AvgIpc) is 2.25. The van der Waals surface area contributed by atoms with E-state index in [-0.39, 0.29) is 5.75 Å². The second-order valence-electron chi connectivity index (χ2n) is 3.63. The Morgan fingerprint density at radius 3 is 2.38 bits per heavy atom. The first-order chi connectivity index (χ1) is 7.65. The van der Waals surface area contributed by atoms with Gasteiger partial charge in [0.1, 0.15) is 5.75 Å². The van der Waals surface area contributed by atoms with Gasteiger partial charge < -0.3 is 10.4 Å². The van der Waals surface area contributed by atoms with Crippen molar-refractivity contribution in [3.8, 4) is 5.75 Å². The van der Waals surface area contributed by atoms with Crippen LogP contribution in [0.15, 0.2) is 42.5 Å². The van der Waals surface area contributed by atoms with Crippen LogP contribution in [-0.2, 0) is 0 Å². The number of anilines is 2. The summed E-state index contributed by atoms with van der Waals surface area (Å²) < 4.78 is 0. The van der Waals surface area contributed by atoms with E-state index in [0.29, 0.717) is 5.02 Å². The maximum absolute atomic E-state index is 9.29. The van der Waals surface area contributed by atoms with E-state index in [2.05, 4.69) is 5.32 Å². The molecule has 3 heteroatoms. The van der Waals surface area contributed by atoms with E-state index in [1.807, 2.05) is 37.3 Å². The van der Waals surface area contributed by atoms with Crippen LogP contribution in [0.1, 0.15) is 5.56 Å². The number of phenolic OH excluding ortho intramolecular Hbond substituents is 1. The summed E-state index contributed by atoms with van der Waals surface area (Å²) in [7, 11) is 0. The van der Waals surface area contributed by atoms with Gasteiger partial charge in [0.15, 0.2) is 0 Å². The number of rotatable bonds is 2. The minimum Gasteiger partial charge on any atom is -0.508 e. The van der Waals surface area contributed by atoms with Crippen molar-refractivity contribution < 1.29 is 5.11 Å². The Bertz CT molecular complexity index is 494. The maximum atomic E-state index is 9.29. The minimum atomic E-state index is 0.277. The highest BCUT2D eigenvalue weighted by Gasteiger charge is 1.99. The smallest absolute Gasteiger partial charge is 0.115 e. The lowest BCUT2D eigenvalue weighted by Gasteiger charge is -2.09. The van der Waals surface area contributed by atoms with Gasteiger partial charge in [0.2, 0.25) is 0 Å². The van der Waals surface area contributed by atoms with E-state index in [0.717, 1.165) is 16.9 Å². The van der Waals surface area contributed by atoms with Gasteiger partial charge in [-0.25, -0.2) is 0 Å². The van der Waals surface area contributed by atoms with Crippen molar-refractivity contribution in [3.05, 3.63) is 53.1 Å². The predicted octanol–water partition coefficient (Wildman–Crippen LogP) is 4.10. The molecule has 0 radical (unpaired) electrons. The molecule has 2 aromatic carbocycles. The summed E-state index contributed by atoms with van der Waals surface area (Å²) in [5.41, 5.74) is 2.94. The molecular weight excluding hydrogens is 222 g/mol. The molecule has 2 rings (SSSR count). The highest BCUT2D eigenvalue weighted by Crippen LogP contribution is 2.24. The van der Waals surface area contributed by atoms with Crippen molar-refractivity contribution in [2.75, 3.05) is 5.32 Å². The number of hydrogen-bond donors (Lipinski definition) is 2. The highest BCUT2D eigenvalue weighted by molar-refractivity contribution is 6.30. The Balaban J connectivity index is 2.23. The van der Waals surface area contributed by atoms with Crippen molar-refractivity contribution >= 4 is 23.0 Å². The lowest BCUT2D eigenvalue weighted by atomic mass is 10.2. The minimum absolute atomic E-state index is 0.277. The van der Waals surface area contributed by atoms with Crippen LogP contribution in [0.25, 0.3) is 0 Å². The summed E-state index contributed by atoms with van der Waals surface area (Å²) in [6, 6.07) is 12.7. The summed E-state index contributed by atoms with van der Waals surface area (Å²) in [5, 5.41) is 13.3. The Hall–Kier alpha value is -1.67. The molecule has 2 nitrogen and oxygen atoms in total. The molecule has 0 spiro atoms. The number of aromatic hydroxyl groups is 1. The molecule has 0 fully saturated rings. The van der Waals surface area contributed by atoms with E-state index in [1.54, 1.807) is 12.1 Å². The normalized spacial score (nSPS) is 10.1. The molecule has 0 atom stereocenters. The average molecular weight is 234 g/mol. The van der Waals surface area contributed by atoms with Gasteiger partial charge in [0.05, 0.1) is 0 Å². The van der Waals surface area contributed by atoms with Crippen LogP contribution in [0.4, 0.5) is 11.4 Å². The van der Waals surface area contributed by atoms with Gasteiger partial charge in [0.25, 0.3) is 0 Å². The van der Waals surface area contributed by atoms with Crippen LogP contribution < -0.4 is 5.32 Å². The van der Waals surface area contributed by atoms with Crippen LogP contribution >= 0.6 is 11.6 Å². The Kier molecular flexibility index (Phi) is 3.02. The lowest BCUT2D eigenvalue weighted by molar-refractivity contribution is 0.475. The molecule has 2 N–H and O–H groups in total. The van der Waals surface area contributed by atoms with Crippen molar-refractivity contribution in [2.24, 2.45) is 0 Å². The standard InChI is InChI=1S/C13H12ClNO/c1-9-8-12(16)6-7-13(9)15-11-4-2-10(14)3-5-11/h2-8,15-16H,1H3. The van der Waals surface area contributed by atoms with Crippen LogP contribution in [0.5, 0.6) is 5.75 Å². The molecule has 0 aliphatic rings. The van der Waals surface area contributed by atoms with Crippen molar-refractivity contribution in [3.63, 3.8) is 0 Å². The molecule has 0 bridgehead atoms. The van der Waals surface area contributed by atoms with E-state index < -0.39 is 0 Å². The summed E-state index contributed by atoms with van der Waals surface area (Å²) in [4.78, 5) is 0. The van der Waals surface area contributed by atoms with Crippen molar-refractivity contribution in [2.45, 2.75) is 6.92 Å². The number of nitrogens with one attached hydrogen (secondary N) is 1. The van der Waals surface area contributed by atoms with Crippen molar-refractivity contribution in [1.29, 1.82) is 0 Å². The fourth-order valence-corrected chi connectivity index (χ4v) is 1.60. The van der Waals surface area contributed by atoms with Gasteiger partial charge in [-0.15, -0.1) is 0 Å². The molecule has 0 heterocycles. The zero-order valence-corrected chi connectivity index (χ0v) is 9.62. The summed E-state index contributed by atoms with van der Waals surface area (Å²) in [6.07, 6.45) is 0. The van der Waals surface area contributed by atoms with Gasteiger partial charge in [-0.3, -0.25) is 0 Å². The van der Waals surface area contributed by atoms with Gasteiger partial charge >= 0.3 is 0 Å². The van der Waals surface area contributed by atoms with E-state index in [4.69, 9.17) is 11.6 Å². The van der Waals surface area contributed by atoms with E-state index in [1.165, 1.54) is 0 Å². The SMILES string of the molecule is Cc1cc(O)ccc1Nc1ccc(Cl)cc1. The lowest BCUT2D eigenvalue weighted by Crippen LogP contribution is -1.92. The molecule has 0 unspecified atom stereocenters. The molecule has 0 amide bonds. The van der Waals surface area contributed by atoms with Crippen LogP contribution in [0.2, 0.25) is 5.02 Å². The largest absolute Gasteiger partial charge is 0.508 e. The number of aryl methyl sites for hydroxylation is 1. The molecular formula is C13H12ClNO. The topological polar surface area (TPSA) is 32.3 Å². The van der Waals surface area contributed by atoms with Crippen LogP contribution in [-0.4, -0.2) is 5.11 Å². The number of benzene rings is 2. The molecule has 0 aliphatic heterocycles. The predicted molar refractivity (Wildman–Crippen MR) is 67.6 cm³/mol. The zero-order chi connectivity index (χ0) is 11.5.